The van der Waals surface area contributed by atoms with E-state index in [0.717, 1.165) is 17.9 Å². The largest absolute Gasteiger partial charge is 0.493 e. The minimum absolute atomic E-state index is 0.352. The van der Waals surface area contributed by atoms with Crippen molar-refractivity contribution in [3.8, 4) is 11.5 Å². The molecule has 0 spiro atoms. The second-order valence-corrected chi connectivity index (χ2v) is 5.23. The third-order valence-corrected chi connectivity index (χ3v) is 3.05. The number of nitrogens with zero attached hydrogens (tertiary/aromatic N) is 3. The third kappa shape index (κ3) is 3.95. The molecule has 2 rings (SSSR count). The summed E-state index contributed by atoms with van der Waals surface area (Å²) in [5.74, 6) is 2.65. The van der Waals surface area contributed by atoms with E-state index in [0.29, 0.717) is 30.6 Å². The first-order valence-corrected chi connectivity index (χ1v) is 7.00. The number of aromatic nitrogens is 3. The Morgan fingerprint density at radius 3 is 2.76 bits per heavy atom. The van der Waals surface area contributed by atoms with Gasteiger partial charge in [-0.15, -0.1) is 0 Å². The van der Waals surface area contributed by atoms with Crippen LogP contribution in [0.1, 0.15) is 25.2 Å². The number of hydrogen-bond donors (Lipinski definition) is 1. The molecule has 0 saturated carbocycles. The zero-order valence-electron chi connectivity index (χ0n) is 12.7. The highest BCUT2D eigenvalue weighted by Gasteiger charge is 2.10. The van der Waals surface area contributed by atoms with E-state index < -0.39 is 0 Å². The van der Waals surface area contributed by atoms with Crippen molar-refractivity contribution in [3.63, 3.8) is 0 Å². The van der Waals surface area contributed by atoms with Gasteiger partial charge >= 0.3 is 0 Å². The number of benzene rings is 1. The quantitative estimate of drug-likeness (QED) is 0.844. The van der Waals surface area contributed by atoms with E-state index in [1.807, 2.05) is 22.9 Å². The molecule has 0 aliphatic carbocycles. The minimum Gasteiger partial charge on any atom is -0.493 e. The Bertz CT molecular complexity index is 581. The second-order valence-electron chi connectivity index (χ2n) is 5.23. The average molecular weight is 290 g/mol. The number of methoxy groups -OCH3 is 1. The third-order valence-electron chi connectivity index (χ3n) is 3.05. The fourth-order valence-electron chi connectivity index (χ4n) is 2.00. The molecule has 1 aromatic heterocycles. The highest BCUT2D eigenvalue weighted by atomic mass is 16.5. The van der Waals surface area contributed by atoms with Gasteiger partial charge in [-0.2, -0.15) is 5.10 Å². The lowest BCUT2D eigenvalue weighted by molar-refractivity contribution is 0.266. The van der Waals surface area contributed by atoms with Crippen molar-refractivity contribution in [2.45, 2.75) is 33.5 Å². The first-order chi connectivity index (χ1) is 10.1. The Morgan fingerprint density at radius 2 is 2.10 bits per heavy atom. The van der Waals surface area contributed by atoms with Crippen LogP contribution in [0, 0.1) is 5.92 Å². The Hall–Kier alpha value is -2.08. The molecule has 0 unspecified atom stereocenters. The second kappa shape index (κ2) is 7.08. The van der Waals surface area contributed by atoms with Gasteiger partial charge in [-0.1, -0.05) is 19.9 Å². The molecular weight excluding hydrogens is 268 g/mol. The Kier molecular flexibility index (Phi) is 5.16. The van der Waals surface area contributed by atoms with Gasteiger partial charge in [0.15, 0.2) is 17.3 Å². The fourth-order valence-corrected chi connectivity index (χ4v) is 2.00. The Labute approximate surface area is 124 Å². The molecule has 0 aliphatic heterocycles. The number of hydrogen-bond acceptors (Lipinski definition) is 5. The maximum Gasteiger partial charge on any atom is 0.164 e. The van der Waals surface area contributed by atoms with E-state index in [1.165, 1.54) is 0 Å². The van der Waals surface area contributed by atoms with Crippen molar-refractivity contribution in [1.82, 2.24) is 14.8 Å². The minimum atomic E-state index is 0.352. The molecule has 114 valence electrons. The summed E-state index contributed by atoms with van der Waals surface area (Å²) in [5.41, 5.74) is 6.62. The first-order valence-electron chi connectivity index (χ1n) is 7.00. The first kappa shape index (κ1) is 15.3. The van der Waals surface area contributed by atoms with Gasteiger partial charge in [0.1, 0.15) is 12.9 Å². The highest BCUT2D eigenvalue weighted by molar-refractivity contribution is 5.42. The van der Waals surface area contributed by atoms with Gasteiger partial charge in [0.05, 0.1) is 7.11 Å². The van der Waals surface area contributed by atoms with Gasteiger partial charge < -0.3 is 15.2 Å². The molecule has 6 nitrogen and oxygen atoms in total. The smallest absolute Gasteiger partial charge is 0.164 e. The monoisotopic (exact) mass is 290 g/mol. The maximum absolute atomic E-state index is 5.81. The molecule has 0 radical (unpaired) electrons. The van der Waals surface area contributed by atoms with Crippen LogP contribution in [0.5, 0.6) is 11.5 Å². The zero-order chi connectivity index (χ0) is 15.2. The van der Waals surface area contributed by atoms with E-state index in [2.05, 4.69) is 23.9 Å². The van der Waals surface area contributed by atoms with Crippen molar-refractivity contribution >= 4 is 0 Å². The van der Waals surface area contributed by atoms with Gasteiger partial charge in [-0.3, -0.25) is 0 Å². The summed E-state index contributed by atoms with van der Waals surface area (Å²) >= 11 is 0. The van der Waals surface area contributed by atoms with Crippen molar-refractivity contribution in [2.75, 3.05) is 7.11 Å². The fraction of sp³-hybridized carbons (Fsp3) is 0.467. The van der Waals surface area contributed by atoms with Crippen molar-refractivity contribution in [2.24, 2.45) is 11.7 Å². The van der Waals surface area contributed by atoms with Crippen LogP contribution in [0.25, 0.3) is 0 Å². The summed E-state index contributed by atoms with van der Waals surface area (Å²) < 4.78 is 13.0. The molecule has 2 aromatic rings. The summed E-state index contributed by atoms with van der Waals surface area (Å²) in [7, 11) is 1.61. The molecule has 21 heavy (non-hydrogen) atoms. The Balaban J connectivity index is 2.08. The predicted octanol–water partition coefficient (Wildman–Crippen LogP) is 1.98. The van der Waals surface area contributed by atoms with Crippen LogP contribution in [0.2, 0.25) is 0 Å². The molecule has 0 aliphatic rings. The van der Waals surface area contributed by atoms with Gasteiger partial charge in [0.25, 0.3) is 0 Å². The zero-order valence-corrected chi connectivity index (χ0v) is 12.7. The molecule has 1 heterocycles. The van der Waals surface area contributed by atoms with E-state index in [9.17, 15) is 0 Å². The van der Waals surface area contributed by atoms with E-state index in [1.54, 1.807) is 13.4 Å². The van der Waals surface area contributed by atoms with Crippen molar-refractivity contribution in [3.05, 3.63) is 35.9 Å². The van der Waals surface area contributed by atoms with E-state index in [-0.39, 0.29) is 0 Å². The van der Waals surface area contributed by atoms with Gasteiger partial charge in [-0.05, 0) is 23.6 Å². The molecular formula is C15H22N4O2. The lowest BCUT2D eigenvalue weighted by Crippen LogP contribution is -2.12. The molecule has 2 N–H and O–H groups in total. The summed E-state index contributed by atoms with van der Waals surface area (Å²) in [6.07, 6.45) is 1.55. The SMILES string of the molecule is COc1cc(CN)ccc1OCc1ncnn1CC(C)C. The molecule has 1 aromatic carbocycles. The standard InChI is InChI=1S/C15H22N4O2/c1-11(2)8-19-15(17-10-18-19)9-21-13-5-4-12(7-16)6-14(13)20-3/h4-6,10-11H,7-9,16H2,1-3H3. The van der Waals surface area contributed by atoms with Crippen LogP contribution in [-0.2, 0) is 19.7 Å². The van der Waals surface area contributed by atoms with Crippen LogP contribution in [0.4, 0.5) is 0 Å². The summed E-state index contributed by atoms with van der Waals surface area (Å²) in [5, 5.41) is 4.22. The van der Waals surface area contributed by atoms with Crippen LogP contribution >= 0.6 is 0 Å². The van der Waals surface area contributed by atoms with Crippen LogP contribution < -0.4 is 15.2 Å². The summed E-state index contributed by atoms with van der Waals surface area (Å²) in [4.78, 5) is 4.24. The van der Waals surface area contributed by atoms with Crippen molar-refractivity contribution in [1.29, 1.82) is 0 Å². The van der Waals surface area contributed by atoms with E-state index in [4.69, 9.17) is 15.2 Å². The highest BCUT2D eigenvalue weighted by Crippen LogP contribution is 2.28. The van der Waals surface area contributed by atoms with E-state index >= 15 is 0 Å². The van der Waals surface area contributed by atoms with Crippen LogP contribution in [0.3, 0.4) is 0 Å². The summed E-state index contributed by atoms with van der Waals surface area (Å²) in [6.45, 7) is 5.92. The lowest BCUT2D eigenvalue weighted by atomic mass is 10.2. The average Bonchev–Trinajstić information content (AvgIpc) is 2.91. The lowest BCUT2D eigenvalue weighted by Gasteiger charge is -2.12. The number of rotatable bonds is 7. The summed E-state index contributed by atoms with van der Waals surface area (Å²) in [6, 6.07) is 5.68. The van der Waals surface area contributed by atoms with Gasteiger partial charge in [0, 0.05) is 13.1 Å². The number of nitrogens with two attached hydrogens (primary N) is 1. The molecule has 0 bridgehead atoms. The Morgan fingerprint density at radius 1 is 1.29 bits per heavy atom. The van der Waals surface area contributed by atoms with Gasteiger partial charge in [-0.25, -0.2) is 9.67 Å². The number of ether oxygens (including phenoxy) is 2. The van der Waals surface area contributed by atoms with Gasteiger partial charge in [0.2, 0.25) is 0 Å². The predicted molar refractivity (Wildman–Crippen MR) is 80.1 cm³/mol. The molecule has 0 fully saturated rings. The van der Waals surface area contributed by atoms with Crippen molar-refractivity contribution < 1.29 is 9.47 Å². The topological polar surface area (TPSA) is 75.2 Å². The molecule has 0 saturated heterocycles. The maximum atomic E-state index is 5.81. The molecule has 6 heteroatoms. The van der Waals surface area contributed by atoms with Crippen LogP contribution in [-0.4, -0.2) is 21.9 Å². The normalized spacial score (nSPS) is 10.9. The van der Waals surface area contributed by atoms with Crippen LogP contribution in [0.15, 0.2) is 24.5 Å². The molecule has 0 amide bonds. The molecule has 0 atom stereocenters.